The second-order valence-electron chi connectivity index (χ2n) is 5.30. The maximum Gasteiger partial charge on any atom is 0.137 e. The second kappa shape index (κ2) is 6.36. The predicted molar refractivity (Wildman–Crippen MR) is 90.8 cm³/mol. The molecule has 1 unspecified atom stereocenters. The van der Waals surface area contributed by atoms with Crippen LogP contribution in [0.25, 0.3) is 5.57 Å². The minimum Gasteiger partial charge on any atom is -0.378 e. The van der Waals surface area contributed by atoms with E-state index < -0.39 is 5.60 Å². The molecule has 0 radical (unpaired) electrons. The standard InChI is InChI=1S/C18H16ClN3O/c1-14(15-5-3-2-4-6-15)18(23,11-22-13-20-12-21-22)16-7-9-17(19)10-8-16/h2-10,12-13,23H,1,11H2. The SMILES string of the molecule is C=C(c1ccccc1)C(O)(Cn1cncn1)c1ccc(Cl)cc1. The molecule has 3 aromatic rings. The first-order chi connectivity index (χ1) is 11.1. The molecule has 23 heavy (non-hydrogen) atoms. The highest BCUT2D eigenvalue weighted by atomic mass is 35.5. The van der Waals surface area contributed by atoms with Crippen molar-refractivity contribution in [3.8, 4) is 0 Å². The summed E-state index contributed by atoms with van der Waals surface area (Å²) in [5, 5.41) is 16.1. The topological polar surface area (TPSA) is 50.9 Å². The van der Waals surface area contributed by atoms with E-state index in [-0.39, 0.29) is 6.54 Å². The van der Waals surface area contributed by atoms with Crippen LogP contribution in [0.5, 0.6) is 0 Å². The highest BCUT2D eigenvalue weighted by Crippen LogP contribution is 2.36. The fourth-order valence-corrected chi connectivity index (χ4v) is 2.64. The van der Waals surface area contributed by atoms with Crippen molar-refractivity contribution in [1.29, 1.82) is 0 Å². The first kappa shape index (κ1) is 15.5. The molecule has 5 heteroatoms. The summed E-state index contributed by atoms with van der Waals surface area (Å²) in [5.41, 5.74) is 0.840. The van der Waals surface area contributed by atoms with E-state index >= 15 is 0 Å². The minimum atomic E-state index is -1.32. The Bertz CT molecular complexity index is 785. The summed E-state index contributed by atoms with van der Waals surface area (Å²) in [6.45, 7) is 4.34. The number of benzene rings is 2. The van der Waals surface area contributed by atoms with Crippen LogP contribution in [0, 0.1) is 0 Å². The number of hydrogen-bond donors (Lipinski definition) is 1. The molecule has 0 aliphatic rings. The Morgan fingerprint density at radius 1 is 1.13 bits per heavy atom. The van der Waals surface area contributed by atoms with Crippen molar-refractivity contribution >= 4 is 17.2 Å². The second-order valence-corrected chi connectivity index (χ2v) is 5.74. The van der Waals surface area contributed by atoms with Crippen molar-refractivity contribution < 1.29 is 5.11 Å². The lowest BCUT2D eigenvalue weighted by Crippen LogP contribution is -2.33. The Morgan fingerprint density at radius 3 is 2.43 bits per heavy atom. The van der Waals surface area contributed by atoms with Gasteiger partial charge in [-0.05, 0) is 28.8 Å². The average molecular weight is 326 g/mol. The van der Waals surface area contributed by atoms with Crippen molar-refractivity contribution in [3.05, 3.63) is 90.0 Å². The van der Waals surface area contributed by atoms with Gasteiger partial charge in [-0.3, -0.25) is 0 Å². The molecule has 1 heterocycles. The van der Waals surface area contributed by atoms with E-state index in [9.17, 15) is 5.11 Å². The zero-order chi connectivity index (χ0) is 16.3. The number of nitrogens with zero attached hydrogens (tertiary/aromatic N) is 3. The summed E-state index contributed by atoms with van der Waals surface area (Å²) >= 11 is 5.97. The molecule has 3 rings (SSSR count). The van der Waals surface area contributed by atoms with E-state index in [0.29, 0.717) is 16.2 Å². The normalized spacial score (nSPS) is 13.5. The highest BCUT2D eigenvalue weighted by Gasteiger charge is 2.34. The fraction of sp³-hybridized carbons (Fsp3) is 0.111. The Kier molecular flexibility index (Phi) is 4.28. The zero-order valence-corrected chi connectivity index (χ0v) is 13.2. The van der Waals surface area contributed by atoms with Crippen molar-refractivity contribution in [1.82, 2.24) is 14.8 Å². The maximum absolute atomic E-state index is 11.4. The van der Waals surface area contributed by atoms with Crippen LogP contribution in [0.3, 0.4) is 0 Å². The largest absolute Gasteiger partial charge is 0.378 e. The molecule has 0 bridgehead atoms. The van der Waals surface area contributed by atoms with Crippen LogP contribution >= 0.6 is 11.6 Å². The Labute approximate surface area is 139 Å². The predicted octanol–water partition coefficient (Wildman–Crippen LogP) is 3.53. The molecule has 1 atom stereocenters. The number of rotatable bonds is 5. The van der Waals surface area contributed by atoms with Crippen molar-refractivity contribution in [2.24, 2.45) is 0 Å². The van der Waals surface area contributed by atoms with Crippen LogP contribution in [-0.4, -0.2) is 19.9 Å². The summed E-state index contributed by atoms with van der Waals surface area (Å²) in [7, 11) is 0. The number of hydrogen-bond acceptors (Lipinski definition) is 3. The van der Waals surface area contributed by atoms with Gasteiger partial charge in [-0.25, -0.2) is 9.67 Å². The number of aromatic nitrogens is 3. The molecule has 0 saturated carbocycles. The van der Waals surface area contributed by atoms with Crippen LogP contribution in [0.4, 0.5) is 0 Å². The van der Waals surface area contributed by atoms with Gasteiger partial charge in [-0.2, -0.15) is 5.10 Å². The van der Waals surface area contributed by atoms with E-state index in [2.05, 4.69) is 16.7 Å². The van der Waals surface area contributed by atoms with Gasteiger partial charge in [-0.1, -0.05) is 60.6 Å². The van der Waals surface area contributed by atoms with Crippen molar-refractivity contribution in [3.63, 3.8) is 0 Å². The minimum absolute atomic E-state index is 0.211. The van der Waals surface area contributed by atoms with Crippen LogP contribution in [0.1, 0.15) is 11.1 Å². The van der Waals surface area contributed by atoms with Crippen molar-refractivity contribution in [2.45, 2.75) is 12.1 Å². The molecule has 0 spiro atoms. The van der Waals surface area contributed by atoms with Gasteiger partial charge in [0.1, 0.15) is 18.3 Å². The number of aliphatic hydroxyl groups is 1. The van der Waals surface area contributed by atoms with Gasteiger partial charge in [0.05, 0.1) is 6.54 Å². The molecule has 0 saturated heterocycles. The molecular weight excluding hydrogens is 310 g/mol. The Morgan fingerprint density at radius 2 is 1.83 bits per heavy atom. The van der Waals surface area contributed by atoms with Crippen LogP contribution < -0.4 is 0 Å². The van der Waals surface area contributed by atoms with Crippen LogP contribution in [-0.2, 0) is 12.1 Å². The summed E-state index contributed by atoms with van der Waals surface area (Å²) in [5.74, 6) is 0. The van der Waals surface area contributed by atoms with Crippen molar-refractivity contribution in [2.75, 3.05) is 0 Å². The zero-order valence-electron chi connectivity index (χ0n) is 12.4. The summed E-state index contributed by atoms with van der Waals surface area (Å²) in [6.07, 6.45) is 3.01. The molecule has 0 aliphatic heterocycles. The van der Waals surface area contributed by atoms with Gasteiger partial charge in [0.2, 0.25) is 0 Å². The van der Waals surface area contributed by atoms with Gasteiger partial charge in [0.15, 0.2) is 0 Å². The molecule has 0 fully saturated rings. The molecule has 1 N–H and O–H groups in total. The Hall–Kier alpha value is -2.43. The van der Waals surface area contributed by atoms with E-state index in [0.717, 1.165) is 5.56 Å². The van der Waals surface area contributed by atoms with E-state index in [4.69, 9.17) is 11.6 Å². The lowest BCUT2D eigenvalue weighted by molar-refractivity contribution is 0.0766. The summed E-state index contributed by atoms with van der Waals surface area (Å²) < 4.78 is 1.59. The molecular formula is C18H16ClN3O. The monoisotopic (exact) mass is 325 g/mol. The molecule has 0 aliphatic carbocycles. The van der Waals surface area contributed by atoms with E-state index in [1.165, 1.54) is 6.33 Å². The highest BCUT2D eigenvalue weighted by molar-refractivity contribution is 6.30. The molecule has 2 aromatic carbocycles. The van der Waals surface area contributed by atoms with Gasteiger partial charge in [0, 0.05) is 5.02 Å². The average Bonchev–Trinajstić information content (AvgIpc) is 3.08. The lowest BCUT2D eigenvalue weighted by atomic mass is 9.83. The third-order valence-corrected chi connectivity index (χ3v) is 4.05. The molecule has 116 valence electrons. The van der Waals surface area contributed by atoms with Crippen LogP contribution in [0.15, 0.2) is 73.8 Å². The van der Waals surface area contributed by atoms with Gasteiger partial charge < -0.3 is 5.11 Å². The summed E-state index contributed by atoms with van der Waals surface area (Å²) in [4.78, 5) is 3.94. The third kappa shape index (κ3) is 3.18. The molecule has 4 nitrogen and oxygen atoms in total. The maximum atomic E-state index is 11.4. The smallest absolute Gasteiger partial charge is 0.137 e. The van der Waals surface area contributed by atoms with Crippen LogP contribution in [0.2, 0.25) is 5.02 Å². The third-order valence-electron chi connectivity index (χ3n) is 3.80. The van der Waals surface area contributed by atoms with E-state index in [1.807, 2.05) is 30.3 Å². The summed E-state index contributed by atoms with van der Waals surface area (Å²) in [6, 6.07) is 16.7. The molecule has 0 amide bonds. The number of halogens is 1. The first-order valence-electron chi connectivity index (χ1n) is 7.15. The van der Waals surface area contributed by atoms with E-state index in [1.54, 1.807) is 35.3 Å². The van der Waals surface area contributed by atoms with Gasteiger partial charge in [-0.15, -0.1) is 0 Å². The fourth-order valence-electron chi connectivity index (χ4n) is 2.51. The lowest BCUT2D eigenvalue weighted by Gasteiger charge is -2.31. The van der Waals surface area contributed by atoms with Gasteiger partial charge in [0.25, 0.3) is 0 Å². The molecule has 1 aromatic heterocycles. The Balaban J connectivity index is 2.05. The van der Waals surface area contributed by atoms with Gasteiger partial charge >= 0.3 is 0 Å². The first-order valence-corrected chi connectivity index (χ1v) is 7.53. The quantitative estimate of drug-likeness (QED) is 0.780.